The minimum Gasteiger partial charge on any atom is -0.462 e. The maximum absolute atomic E-state index is 12.7. The van der Waals surface area contributed by atoms with Crippen LogP contribution in [0, 0.1) is 323 Å². The number of ether oxygens (including phenoxy) is 3. The molecule has 0 radical (unpaired) electrons. The number of primary amides is 2. The zero-order valence-electron chi connectivity index (χ0n) is 90.0. The minimum atomic E-state index is -4.10. The monoisotopic (exact) mass is 1950 g/mol. The van der Waals surface area contributed by atoms with Crippen LogP contribution in [-0.4, -0.2) is 109 Å². The molecule has 4 amide bonds. The molecule has 22 rings (SSSR count). The molecule has 0 aromatic rings. The minimum absolute atomic E-state index is 0.00753. The Kier molecular flexibility index (Phi) is 35.6. The van der Waals surface area contributed by atoms with Crippen LogP contribution in [-0.2, 0) is 53.1 Å². The quantitative estimate of drug-likeness (QED) is 0.0292. The molecule has 22 bridgehead atoms. The van der Waals surface area contributed by atoms with Crippen molar-refractivity contribution in [2.24, 2.45) is 312 Å². The van der Waals surface area contributed by atoms with Gasteiger partial charge in [0.15, 0.2) is 0 Å². The van der Waals surface area contributed by atoms with E-state index in [0.29, 0.717) is 102 Å². The van der Waals surface area contributed by atoms with E-state index in [2.05, 4.69) is 175 Å². The number of hydrogen-bond donors (Lipinski definition) is 6. The Morgan fingerprint density at radius 3 is 1.31 bits per heavy atom. The summed E-state index contributed by atoms with van der Waals surface area (Å²) in [6.07, 6.45) is 27.9. The van der Waals surface area contributed by atoms with Gasteiger partial charge in [0.1, 0.15) is 19.3 Å². The molecule has 0 aromatic heterocycles. The van der Waals surface area contributed by atoms with Crippen LogP contribution >= 0.6 is 11.6 Å². The van der Waals surface area contributed by atoms with Crippen LogP contribution in [0.3, 0.4) is 0 Å². The Hall–Kier alpha value is -4.08. The van der Waals surface area contributed by atoms with E-state index in [0.717, 1.165) is 240 Å². The molecule has 53 atom stereocenters. The lowest BCUT2D eigenvalue weighted by Gasteiger charge is -2.43. The summed E-state index contributed by atoms with van der Waals surface area (Å²) in [4.78, 5) is 70.2. The van der Waals surface area contributed by atoms with Crippen molar-refractivity contribution in [3.8, 4) is 12.1 Å². The van der Waals surface area contributed by atoms with Crippen LogP contribution in [0.2, 0.25) is 0 Å². The standard InChI is InChI=1S/C21H33NO4.C14H25NO4S.C11H19NO.C11H17N.C11H18O2.C10H17NO.C10H15N.C10H18O.C9H15Cl.C9H16/c1-4-25-5-6-26-18(23)10-22-21(24)17-8-13-7-16(17)20-15-9-14(19(13)20)11(2)12(15)3;1-8-9(2)11-5-10(8)6-12(11)13(16)15-14(3,4)7-20(17,18)19;1-6-7(2)9-4-8(6)5-11(9,3)10(12)13;1-7-8(2)10-4-9(7)5-11(10,3)6-12;1-6-7(2)10-4-9(6)5-11(10)13-8(3)12;1-5-6(2)8-3-7(5)4-9(8)10(11)12;2*1-6-7(2)10-4-8(6)3-9(10)5-11;1-5-6(2)8-3-7(5)4-9(8)10;1-6-7(2)9-4-3-8(6)5-9/h11-17,19-20H,4-10H2,1-3H3,(H,22,24);8-12H,5-7H2,1-4H3,(H,15,16)(H,17,18,19);6-9H,4-5H2,1-3H3,(H2,12,13);7-10H,4-5H2,1-3H3;6-7,9-11H,4-5H2,1-3H3;5-9H,3-4H2,1-2H3,(H2,11,12);6-10H,3-4H2,1-2H3;6-11H,3-5H2,1-2H3;5-9H,3-4H2,1-2H3;6-9H,3-5H2,1-2H3. The Morgan fingerprint density at radius 2 is 0.883 bits per heavy atom. The largest absolute Gasteiger partial charge is 0.462 e. The highest BCUT2D eigenvalue weighted by Crippen LogP contribution is 2.72. The second kappa shape index (κ2) is 44.3. The molecule has 19 nitrogen and oxygen atoms in total. The molecule has 778 valence electrons. The van der Waals surface area contributed by atoms with E-state index in [-0.39, 0.29) is 83.4 Å². The van der Waals surface area contributed by atoms with E-state index in [4.69, 9.17) is 57.5 Å². The molecule has 137 heavy (non-hydrogen) atoms. The molecular formula is C116H193ClN6O13S. The molecule has 0 saturated heterocycles. The Morgan fingerprint density at radius 1 is 0.453 bits per heavy atom. The first-order chi connectivity index (χ1) is 64.2. The average Bonchev–Trinajstić information content (AvgIpc) is 1.53. The van der Waals surface area contributed by atoms with Crippen LogP contribution in [0.25, 0.3) is 0 Å². The van der Waals surface area contributed by atoms with Crippen LogP contribution in [0.4, 0.5) is 0 Å². The van der Waals surface area contributed by atoms with E-state index in [1.165, 1.54) is 96.8 Å². The highest BCUT2D eigenvalue weighted by Gasteiger charge is 2.68. The number of halogens is 1. The molecule has 8 N–H and O–H groups in total. The number of aliphatic hydroxyl groups excluding tert-OH is 1. The van der Waals surface area contributed by atoms with Gasteiger partial charge in [0.25, 0.3) is 10.1 Å². The van der Waals surface area contributed by atoms with Gasteiger partial charge >= 0.3 is 11.9 Å². The first-order valence-corrected chi connectivity index (χ1v) is 58.4. The van der Waals surface area contributed by atoms with E-state index < -0.39 is 21.4 Å². The highest BCUT2D eigenvalue weighted by molar-refractivity contribution is 7.85. The van der Waals surface area contributed by atoms with Gasteiger partial charge in [0.2, 0.25) is 23.6 Å². The van der Waals surface area contributed by atoms with Crippen LogP contribution < -0.4 is 22.1 Å². The zero-order chi connectivity index (χ0) is 101. The normalized spacial score (nSPS) is 50.1. The second-order valence-corrected chi connectivity index (χ2v) is 55.2. The molecular weight excluding hydrogens is 1750 g/mol. The van der Waals surface area contributed by atoms with Gasteiger partial charge in [0.05, 0.1) is 35.5 Å². The van der Waals surface area contributed by atoms with E-state index in [1.54, 1.807) is 20.3 Å². The number of nitriles is 2. The van der Waals surface area contributed by atoms with Gasteiger partial charge in [-0.25, -0.2) is 0 Å². The lowest BCUT2D eigenvalue weighted by molar-refractivity contribution is -0.150. The van der Waals surface area contributed by atoms with Gasteiger partial charge < -0.3 is 41.4 Å². The molecule has 22 fully saturated rings. The molecule has 0 spiro atoms. The SMILES string of the molecule is CC(=O)OC1CC2CC1C(C)C2C.CC1C2CC(C#N)C(C2)C1C.CC1C2CC(C(=O)NC(C)(C)CS(=O)(=O)O)C(C2)C1C.CC1C2CC(C(N)=O)C(C2)C1C.CC1C2CC(C1C)C(C)(C#N)C2.CC1C2CC(C1C)C(C)(C(N)=O)C2.CC1C2CC(CO)C(C2)C1C.CC1C2CC(Cl)C(C2)C1C.CC1C2CCC(C2)C1C.CCOCCOC(=O)CNC(=O)C1CC2CC1C1C3CC(C(C)C3C)C21. The molecule has 0 aromatic carbocycles. The summed E-state index contributed by atoms with van der Waals surface area (Å²) >= 11 is 6.17. The van der Waals surface area contributed by atoms with Gasteiger partial charge in [-0.2, -0.15) is 18.9 Å². The fourth-order valence-corrected chi connectivity index (χ4v) is 38.7. The van der Waals surface area contributed by atoms with Crippen molar-refractivity contribution >= 4 is 57.3 Å². The number of aliphatic hydroxyl groups is 1. The Labute approximate surface area is 835 Å². The topological polar surface area (TPSA) is 328 Å². The maximum Gasteiger partial charge on any atom is 0.325 e. The number of nitrogens with zero attached hydrogens (tertiary/aromatic N) is 2. The summed E-state index contributed by atoms with van der Waals surface area (Å²) in [5.41, 5.74) is 9.71. The van der Waals surface area contributed by atoms with Crippen molar-refractivity contribution in [2.45, 2.75) is 338 Å². The third-order valence-electron chi connectivity index (χ3n) is 47.3. The lowest BCUT2D eigenvalue weighted by Crippen LogP contribution is -2.51. The number of nitrogens with two attached hydrogens (primary N) is 2. The number of fused-ring (bicyclic) bond motifs is 27. The lowest BCUT2D eigenvalue weighted by atomic mass is 9.62. The summed E-state index contributed by atoms with van der Waals surface area (Å²) in [6.45, 7) is 59.4. The summed E-state index contributed by atoms with van der Waals surface area (Å²) < 4.78 is 46.4. The maximum atomic E-state index is 12.7. The second-order valence-electron chi connectivity index (χ2n) is 53.2. The van der Waals surface area contributed by atoms with Crippen molar-refractivity contribution in [1.29, 1.82) is 10.5 Å². The van der Waals surface area contributed by atoms with E-state index >= 15 is 0 Å². The predicted molar refractivity (Wildman–Crippen MR) is 543 cm³/mol. The van der Waals surface area contributed by atoms with Crippen LogP contribution in [0.5, 0.6) is 0 Å². The third kappa shape index (κ3) is 22.6. The van der Waals surface area contributed by atoms with Gasteiger partial charge in [0, 0.05) is 54.6 Å². The number of nitrogens with one attached hydrogen (secondary N) is 2. The first-order valence-electron chi connectivity index (χ1n) is 56.3. The van der Waals surface area contributed by atoms with Crippen LogP contribution in [0.1, 0.15) is 321 Å². The van der Waals surface area contributed by atoms with Crippen LogP contribution in [0.15, 0.2) is 0 Å². The predicted octanol–water partition coefficient (Wildman–Crippen LogP) is 22.4. The molecule has 0 aliphatic heterocycles. The highest BCUT2D eigenvalue weighted by atomic mass is 35.5. The van der Waals surface area contributed by atoms with Gasteiger partial charge in [-0.1, -0.05) is 145 Å². The molecule has 22 saturated carbocycles. The van der Waals surface area contributed by atoms with Gasteiger partial charge in [-0.3, -0.25) is 33.3 Å². The molecule has 22 aliphatic carbocycles. The zero-order valence-corrected chi connectivity index (χ0v) is 91.5. The number of alkyl halides is 1. The number of rotatable bonds is 15. The molecule has 22 aliphatic rings. The Bertz CT molecular complexity index is 4310. The summed E-state index contributed by atoms with van der Waals surface area (Å²) in [7, 11) is -4.10. The van der Waals surface area contributed by atoms with E-state index in [1.807, 2.05) is 6.92 Å². The molecule has 0 heterocycles. The number of amides is 4. The molecule has 53 unspecified atom stereocenters. The number of carbonyl (C=O) groups excluding carboxylic acids is 6. The van der Waals surface area contributed by atoms with Crippen molar-refractivity contribution in [3.63, 3.8) is 0 Å². The summed E-state index contributed by atoms with van der Waals surface area (Å²) in [5.74, 6) is 35.5. The Balaban J connectivity index is 0.000000131. The van der Waals surface area contributed by atoms with Gasteiger partial charge in [-0.05, 0) is 435 Å². The average molecular weight is 1950 g/mol. The third-order valence-corrected chi connectivity index (χ3v) is 48.9. The van der Waals surface area contributed by atoms with Gasteiger partial charge in [-0.15, -0.1) is 11.6 Å². The van der Waals surface area contributed by atoms with E-state index in [9.17, 15) is 37.2 Å². The number of carbonyl (C=O) groups is 6. The fraction of sp³-hybridized carbons (Fsp3) is 0.931. The first kappa shape index (κ1) is 110. The van der Waals surface area contributed by atoms with Crippen molar-refractivity contribution in [1.82, 2.24) is 10.6 Å². The summed E-state index contributed by atoms with van der Waals surface area (Å²) in [6, 6.07) is 4.97. The smallest absolute Gasteiger partial charge is 0.325 e. The summed E-state index contributed by atoms with van der Waals surface area (Å²) in [5, 5.41) is 33.2. The molecule has 21 heteroatoms. The van der Waals surface area contributed by atoms with Crippen molar-refractivity contribution in [3.05, 3.63) is 0 Å². The van der Waals surface area contributed by atoms with Crippen molar-refractivity contribution in [2.75, 3.05) is 38.7 Å². The fourth-order valence-electron chi connectivity index (χ4n) is 37.1. The number of esters is 2. The number of hydrogen-bond acceptors (Lipinski definition) is 14. The van der Waals surface area contributed by atoms with Crippen molar-refractivity contribution < 1.29 is 61.1 Å².